The number of thioether (sulfide) groups is 1. The third-order valence-electron chi connectivity index (χ3n) is 2.74. The molecule has 98 valence electrons. The highest BCUT2D eigenvalue weighted by atomic mass is 32.2. The first-order chi connectivity index (χ1) is 9.06. The molecule has 0 fully saturated rings. The lowest BCUT2D eigenvalue weighted by Gasteiger charge is -2.06. The molecule has 2 aromatic rings. The van der Waals surface area contributed by atoms with E-state index in [-0.39, 0.29) is 5.56 Å². The van der Waals surface area contributed by atoms with E-state index in [2.05, 4.69) is 25.1 Å². The summed E-state index contributed by atoms with van der Waals surface area (Å²) in [7, 11) is 0. The smallest absolute Gasteiger partial charge is 0.337 e. The van der Waals surface area contributed by atoms with Gasteiger partial charge in [-0.3, -0.25) is 0 Å². The summed E-state index contributed by atoms with van der Waals surface area (Å²) in [4.78, 5) is 11.8. The molecule has 0 aliphatic rings. The Morgan fingerprint density at radius 2 is 2.05 bits per heavy atom. The molecule has 3 nitrogen and oxygen atoms in total. The molecule has 0 saturated carbocycles. The SMILES string of the molecule is Cc1cccc(CSc2ccc(C(=O)O)c(N)c2)c1. The maximum Gasteiger partial charge on any atom is 0.337 e. The summed E-state index contributed by atoms with van der Waals surface area (Å²) in [5, 5.41) is 8.91. The predicted octanol–water partition coefficient (Wildman–Crippen LogP) is 3.57. The van der Waals surface area contributed by atoms with Crippen LogP contribution in [-0.2, 0) is 5.75 Å². The normalized spacial score (nSPS) is 10.4. The fourth-order valence-electron chi connectivity index (χ4n) is 1.79. The molecule has 0 bridgehead atoms. The quantitative estimate of drug-likeness (QED) is 0.660. The van der Waals surface area contributed by atoms with Crippen molar-refractivity contribution in [3.63, 3.8) is 0 Å². The van der Waals surface area contributed by atoms with Crippen LogP contribution in [-0.4, -0.2) is 11.1 Å². The topological polar surface area (TPSA) is 63.3 Å². The lowest BCUT2D eigenvalue weighted by molar-refractivity contribution is 0.0698. The van der Waals surface area contributed by atoms with Crippen LogP contribution in [0.25, 0.3) is 0 Å². The van der Waals surface area contributed by atoms with Crippen molar-refractivity contribution in [3.8, 4) is 0 Å². The largest absolute Gasteiger partial charge is 0.478 e. The van der Waals surface area contributed by atoms with Crippen molar-refractivity contribution in [2.45, 2.75) is 17.6 Å². The molecule has 19 heavy (non-hydrogen) atoms. The first-order valence-electron chi connectivity index (χ1n) is 5.87. The monoisotopic (exact) mass is 273 g/mol. The van der Waals surface area contributed by atoms with E-state index in [1.807, 2.05) is 6.07 Å². The zero-order valence-electron chi connectivity index (χ0n) is 10.6. The predicted molar refractivity (Wildman–Crippen MR) is 78.6 cm³/mol. The van der Waals surface area contributed by atoms with Gasteiger partial charge in [0.2, 0.25) is 0 Å². The van der Waals surface area contributed by atoms with E-state index in [9.17, 15) is 4.79 Å². The zero-order chi connectivity index (χ0) is 13.8. The first-order valence-corrected chi connectivity index (χ1v) is 6.86. The maximum atomic E-state index is 10.9. The van der Waals surface area contributed by atoms with Crippen LogP contribution in [0.2, 0.25) is 0 Å². The van der Waals surface area contributed by atoms with Gasteiger partial charge in [0.05, 0.1) is 5.56 Å². The highest BCUT2D eigenvalue weighted by Gasteiger charge is 2.08. The molecule has 0 radical (unpaired) electrons. The molecule has 0 aromatic heterocycles. The van der Waals surface area contributed by atoms with Gasteiger partial charge in [0.1, 0.15) is 0 Å². The minimum absolute atomic E-state index is 0.153. The van der Waals surface area contributed by atoms with Gasteiger partial charge < -0.3 is 10.8 Å². The maximum absolute atomic E-state index is 10.9. The van der Waals surface area contributed by atoms with E-state index in [0.29, 0.717) is 5.69 Å². The summed E-state index contributed by atoms with van der Waals surface area (Å²) in [6.45, 7) is 2.06. The number of carboxylic acids is 1. The number of anilines is 1. The van der Waals surface area contributed by atoms with Gasteiger partial charge in [0, 0.05) is 16.3 Å². The fraction of sp³-hybridized carbons (Fsp3) is 0.133. The molecule has 0 spiro atoms. The van der Waals surface area contributed by atoms with Crippen molar-refractivity contribution in [2.75, 3.05) is 5.73 Å². The highest BCUT2D eigenvalue weighted by Crippen LogP contribution is 2.26. The molecule has 0 aliphatic carbocycles. The van der Waals surface area contributed by atoms with Gasteiger partial charge in [-0.25, -0.2) is 4.79 Å². The molecular weight excluding hydrogens is 258 g/mol. The van der Waals surface area contributed by atoms with E-state index in [0.717, 1.165) is 10.6 Å². The van der Waals surface area contributed by atoms with Crippen LogP contribution in [0.1, 0.15) is 21.5 Å². The second-order valence-corrected chi connectivity index (χ2v) is 5.38. The van der Waals surface area contributed by atoms with Crippen LogP contribution in [0.3, 0.4) is 0 Å². The van der Waals surface area contributed by atoms with Crippen LogP contribution in [0.5, 0.6) is 0 Å². The Morgan fingerprint density at radius 1 is 1.26 bits per heavy atom. The Kier molecular flexibility index (Phi) is 4.12. The van der Waals surface area contributed by atoms with Gasteiger partial charge in [-0.2, -0.15) is 0 Å². The van der Waals surface area contributed by atoms with Crippen LogP contribution in [0.4, 0.5) is 5.69 Å². The lowest BCUT2D eigenvalue weighted by Crippen LogP contribution is -2.01. The number of carbonyl (C=O) groups is 1. The fourth-order valence-corrected chi connectivity index (χ4v) is 2.68. The Labute approximate surface area is 116 Å². The van der Waals surface area contributed by atoms with Gasteiger partial charge >= 0.3 is 5.97 Å². The Balaban J connectivity index is 2.08. The Hall–Kier alpha value is -1.94. The molecule has 0 aliphatic heterocycles. The molecule has 0 atom stereocenters. The van der Waals surface area contributed by atoms with Crippen molar-refractivity contribution in [2.24, 2.45) is 0 Å². The molecule has 3 N–H and O–H groups in total. The summed E-state index contributed by atoms with van der Waals surface area (Å²) < 4.78 is 0. The number of hydrogen-bond acceptors (Lipinski definition) is 3. The van der Waals surface area contributed by atoms with Crippen molar-refractivity contribution >= 4 is 23.4 Å². The molecule has 4 heteroatoms. The van der Waals surface area contributed by atoms with E-state index in [4.69, 9.17) is 10.8 Å². The summed E-state index contributed by atoms with van der Waals surface area (Å²) in [5.74, 6) is -0.152. The van der Waals surface area contributed by atoms with Crippen LogP contribution < -0.4 is 5.73 Å². The molecule has 0 saturated heterocycles. The lowest BCUT2D eigenvalue weighted by atomic mass is 10.2. The number of hydrogen-bond donors (Lipinski definition) is 2. The number of carboxylic acid groups (broad SMARTS) is 1. The molecule has 2 rings (SSSR count). The summed E-state index contributed by atoms with van der Waals surface area (Å²) in [6.07, 6.45) is 0. The van der Waals surface area contributed by atoms with Gasteiger partial charge in [0.25, 0.3) is 0 Å². The highest BCUT2D eigenvalue weighted by molar-refractivity contribution is 7.98. The second kappa shape index (κ2) is 5.80. The van der Waals surface area contributed by atoms with Crippen LogP contribution in [0.15, 0.2) is 47.4 Å². The van der Waals surface area contributed by atoms with Crippen molar-refractivity contribution < 1.29 is 9.90 Å². The van der Waals surface area contributed by atoms with E-state index in [1.165, 1.54) is 11.1 Å². The number of rotatable bonds is 4. The van der Waals surface area contributed by atoms with Gasteiger partial charge in [-0.1, -0.05) is 29.8 Å². The zero-order valence-corrected chi connectivity index (χ0v) is 11.4. The number of nitrogens with two attached hydrogens (primary N) is 1. The van der Waals surface area contributed by atoms with E-state index in [1.54, 1.807) is 30.0 Å². The van der Waals surface area contributed by atoms with Crippen molar-refractivity contribution in [1.82, 2.24) is 0 Å². The molecule has 0 amide bonds. The van der Waals surface area contributed by atoms with Gasteiger partial charge in [0.15, 0.2) is 0 Å². The molecule has 2 aromatic carbocycles. The standard InChI is InChI=1S/C15H15NO2S/c1-10-3-2-4-11(7-10)9-19-12-5-6-13(15(17)18)14(16)8-12/h2-8H,9,16H2,1H3,(H,17,18). The summed E-state index contributed by atoms with van der Waals surface area (Å²) in [6, 6.07) is 13.4. The molecule has 0 unspecified atom stereocenters. The summed E-state index contributed by atoms with van der Waals surface area (Å²) in [5.41, 5.74) is 8.66. The van der Waals surface area contributed by atoms with Gasteiger partial charge in [-0.05, 0) is 30.7 Å². The minimum Gasteiger partial charge on any atom is -0.478 e. The van der Waals surface area contributed by atoms with E-state index < -0.39 is 5.97 Å². The first kappa shape index (κ1) is 13.5. The third-order valence-corrected chi connectivity index (χ3v) is 3.81. The van der Waals surface area contributed by atoms with Crippen LogP contribution >= 0.6 is 11.8 Å². The summed E-state index contributed by atoms with van der Waals surface area (Å²) >= 11 is 1.64. The van der Waals surface area contributed by atoms with E-state index >= 15 is 0 Å². The van der Waals surface area contributed by atoms with Crippen LogP contribution in [0, 0.1) is 6.92 Å². The van der Waals surface area contributed by atoms with Gasteiger partial charge in [-0.15, -0.1) is 11.8 Å². The second-order valence-electron chi connectivity index (χ2n) is 4.33. The number of aryl methyl sites for hydroxylation is 1. The number of nitrogen functional groups attached to an aromatic ring is 1. The third kappa shape index (κ3) is 3.51. The number of benzene rings is 2. The van der Waals surface area contributed by atoms with Crippen molar-refractivity contribution in [1.29, 1.82) is 0 Å². The average molecular weight is 273 g/mol. The Bertz CT molecular complexity index is 611. The minimum atomic E-state index is -0.993. The number of aromatic carboxylic acids is 1. The van der Waals surface area contributed by atoms with Crippen molar-refractivity contribution in [3.05, 3.63) is 59.2 Å². The Morgan fingerprint density at radius 3 is 2.68 bits per heavy atom. The molecular formula is C15H15NO2S. The molecule has 0 heterocycles. The average Bonchev–Trinajstić information content (AvgIpc) is 2.36.